The third-order valence-corrected chi connectivity index (χ3v) is 3.53. The second kappa shape index (κ2) is 6.61. The highest BCUT2D eigenvalue weighted by atomic mass is 15.2. The molecule has 1 fully saturated rings. The molecule has 2 N–H and O–H groups in total. The monoisotopic (exact) mass is 226 g/mol. The summed E-state index contributed by atoms with van der Waals surface area (Å²) in [7, 11) is 0. The molecule has 0 spiro atoms. The Hall–Kier alpha value is -0.0800. The number of likely N-dealkylation sites (tertiary alicyclic amines) is 1. The van der Waals surface area contributed by atoms with Crippen LogP contribution in [0.5, 0.6) is 0 Å². The highest BCUT2D eigenvalue weighted by Gasteiger charge is 2.23. The summed E-state index contributed by atoms with van der Waals surface area (Å²) in [5.41, 5.74) is 6.35. The fourth-order valence-corrected chi connectivity index (χ4v) is 2.71. The Bertz CT molecular complexity index is 176. The van der Waals surface area contributed by atoms with Gasteiger partial charge in [0.1, 0.15) is 0 Å². The molecule has 1 aliphatic heterocycles. The van der Waals surface area contributed by atoms with Crippen molar-refractivity contribution in [2.24, 2.45) is 11.1 Å². The van der Waals surface area contributed by atoms with E-state index in [2.05, 4.69) is 25.7 Å². The Kier molecular flexibility index (Phi) is 5.77. The first-order valence-corrected chi connectivity index (χ1v) is 6.97. The molecule has 0 aromatic rings. The summed E-state index contributed by atoms with van der Waals surface area (Å²) in [6.45, 7) is 10.3. The van der Waals surface area contributed by atoms with Gasteiger partial charge in [-0.1, -0.05) is 40.0 Å². The van der Waals surface area contributed by atoms with E-state index in [-0.39, 0.29) is 0 Å². The largest absolute Gasteiger partial charge is 0.329 e. The van der Waals surface area contributed by atoms with Crippen LogP contribution in [0.15, 0.2) is 0 Å². The Labute approximate surface area is 102 Å². The van der Waals surface area contributed by atoms with E-state index in [1.54, 1.807) is 0 Å². The van der Waals surface area contributed by atoms with Crippen LogP contribution < -0.4 is 5.73 Å². The van der Waals surface area contributed by atoms with Gasteiger partial charge in [-0.05, 0) is 37.8 Å². The topological polar surface area (TPSA) is 29.3 Å². The normalized spacial score (nSPS) is 22.5. The van der Waals surface area contributed by atoms with E-state index >= 15 is 0 Å². The maximum Gasteiger partial charge on any atom is 0.0223 e. The summed E-state index contributed by atoms with van der Waals surface area (Å²) in [6.07, 6.45) is 8.19. The number of hydrogen-bond acceptors (Lipinski definition) is 2. The summed E-state index contributed by atoms with van der Waals surface area (Å²) in [4.78, 5) is 2.64. The maximum atomic E-state index is 5.96. The molecule has 1 aliphatic rings. The molecule has 16 heavy (non-hydrogen) atoms. The molecular formula is C14H30N2. The average Bonchev–Trinajstić information content (AvgIpc) is 2.12. The fraction of sp³-hybridized carbons (Fsp3) is 1.00. The molecule has 0 bridgehead atoms. The van der Waals surface area contributed by atoms with E-state index < -0.39 is 0 Å². The van der Waals surface area contributed by atoms with Crippen molar-refractivity contribution in [3.63, 3.8) is 0 Å². The van der Waals surface area contributed by atoms with Gasteiger partial charge in [0.15, 0.2) is 0 Å². The molecule has 1 heterocycles. The van der Waals surface area contributed by atoms with E-state index in [1.807, 2.05) is 0 Å². The van der Waals surface area contributed by atoms with Gasteiger partial charge in [-0.2, -0.15) is 0 Å². The minimum atomic E-state index is 0.395. The van der Waals surface area contributed by atoms with Crippen LogP contribution in [0.4, 0.5) is 0 Å². The number of hydrogen-bond donors (Lipinski definition) is 1. The van der Waals surface area contributed by atoms with Gasteiger partial charge in [0.25, 0.3) is 0 Å². The summed E-state index contributed by atoms with van der Waals surface area (Å²) in [5.74, 6) is 0. The minimum absolute atomic E-state index is 0.395. The van der Waals surface area contributed by atoms with Crippen LogP contribution in [0.2, 0.25) is 0 Å². The number of nitrogens with two attached hydrogens (primary N) is 1. The van der Waals surface area contributed by atoms with Gasteiger partial charge in [-0.25, -0.2) is 0 Å². The Morgan fingerprint density at radius 3 is 1.94 bits per heavy atom. The molecular weight excluding hydrogens is 196 g/mol. The van der Waals surface area contributed by atoms with Crippen LogP contribution in [0.3, 0.4) is 0 Å². The van der Waals surface area contributed by atoms with Crippen molar-refractivity contribution in [2.45, 2.75) is 65.3 Å². The first-order valence-electron chi connectivity index (χ1n) is 6.97. The van der Waals surface area contributed by atoms with E-state index in [4.69, 9.17) is 5.73 Å². The molecule has 96 valence electrons. The van der Waals surface area contributed by atoms with Crippen LogP contribution in [-0.2, 0) is 0 Å². The molecule has 0 aromatic carbocycles. The van der Waals surface area contributed by atoms with Crippen molar-refractivity contribution in [3.8, 4) is 0 Å². The molecule has 0 radical (unpaired) electrons. The lowest BCUT2D eigenvalue weighted by Crippen LogP contribution is -2.44. The highest BCUT2D eigenvalue weighted by molar-refractivity contribution is 4.79. The zero-order valence-electron chi connectivity index (χ0n) is 11.5. The molecule has 2 nitrogen and oxygen atoms in total. The molecule has 0 saturated carbocycles. The third-order valence-electron chi connectivity index (χ3n) is 3.53. The molecule has 2 heteroatoms. The molecule has 1 atom stereocenters. The molecule has 0 amide bonds. The fourth-order valence-electron chi connectivity index (χ4n) is 2.71. The van der Waals surface area contributed by atoms with Crippen molar-refractivity contribution in [2.75, 3.05) is 19.6 Å². The molecule has 1 unspecified atom stereocenters. The van der Waals surface area contributed by atoms with Gasteiger partial charge in [0, 0.05) is 12.6 Å². The van der Waals surface area contributed by atoms with E-state index in [0.717, 1.165) is 6.54 Å². The van der Waals surface area contributed by atoms with Crippen molar-refractivity contribution >= 4 is 0 Å². The zero-order valence-corrected chi connectivity index (χ0v) is 11.5. The first kappa shape index (κ1) is 14.0. The molecule has 1 rings (SSSR count). The standard InChI is InChI=1S/C14H30N2/c1-14(2,3)11-13(12-15)16-9-7-5-4-6-8-10-16/h13H,4-12,15H2,1-3H3. The van der Waals surface area contributed by atoms with Gasteiger partial charge in [-0.15, -0.1) is 0 Å². The predicted molar refractivity (Wildman–Crippen MR) is 71.6 cm³/mol. The van der Waals surface area contributed by atoms with Gasteiger partial charge < -0.3 is 5.73 Å². The second-order valence-electron chi connectivity index (χ2n) is 6.46. The number of nitrogens with zero attached hydrogens (tertiary/aromatic N) is 1. The lowest BCUT2D eigenvalue weighted by molar-refractivity contribution is 0.141. The SMILES string of the molecule is CC(C)(C)CC(CN)N1CCCCCCC1. The minimum Gasteiger partial charge on any atom is -0.329 e. The van der Waals surface area contributed by atoms with E-state index in [1.165, 1.54) is 51.6 Å². The highest BCUT2D eigenvalue weighted by Crippen LogP contribution is 2.24. The van der Waals surface area contributed by atoms with Gasteiger partial charge in [0.2, 0.25) is 0 Å². The van der Waals surface area contributed by atoms with Crippen LogP contribution in [-0.4, -0.2) is 30.6 Å². The lowest BCUT2D eigenvalue weighted by atomic mass is 9.87. The van der Waals surface area contributed by atoms with Crippen LogP contribution in [0, 0.1) is 5.41 Å². The van der Waals surface area contributed by atoms with Crippen molar-refractivity contribution in [3.05, 3.63) is 0 Å². The van der Waals surface area contributed by atoms with E-state index in [9.17, 15) is 0 Å². The van der Waals surface area contributed by atoms with E-state index in [0.29, 0.717) is 11.5 Å². The number of rotatable bonds is 3. The van der Waals surface area contributed by atoms with Gasteiger partial charge in [0.05, 0.1) is 0 Å². The quantitative estimate of drug-likeness (QED) is 0.801. The van der Waals surface area contributed by atoms with Crippen molar-refractivity contribution < 1.29 is 0 Å². The predicted octanol–water partition coefficient (Wildman–Crippen LogP) is 3.02. The van der Waals surface area contributed by atoms with Crippen LogP contribution in [0.1, 0.15) is 59.3 Å². The van der Waals surface area contributed by atoms with Crippen molar-refractivity contribution in [1.82, 2.24) is 4.90 Å². The molecule has 0 aliphatic carbocycles. The lowest BCUT2D eigenvalue weighted by Gasteiger charge is -2.36. The summed E-state index contributed by atoms with van der Waals surface area (Å²) in [5, 5.41) is 0. The summed E-state index contributed by atoms with van der Waals surface area (Å²) in [6, 6.07) is 0.595. The second-order valence-corrected chi connectivity index (χ2v) is 6.46. The maximum absolute atomic E-state index is 5.96. The first-order chi connectivity index (χ1) is 7.53. The van der Waals surface area contributed by atoms with Gasteiger partial charge >= 0.3 is 0 Å². The summed E-state index contributed by atoms with van der Waals surface area (Å²) >= 11 is 0. The van der Waals surface area contributed by atoms with Gasteiger partial charge in [-0.3, -0.25) is 4.90 Å². The molecule has 0 aromatic heterocycles. The van der Waals surface area contributed by atoms with Crippen LogP contribution in [0.25, 0.3) is 0 Å². The summed E-state index contributed by atoms with van der Waals surface area (Å²) < 4.78 is 0. The smallest absolute Gasteiger partial charge is 0.0223 e. The Balaban J connectivity index is 2.48. The zero-order chi connectivity index (χ0) is 12.0. The Morgan fingerprint density at radius 2 is 1.50 bits per heavy atom. The Morgan fingerprint density at radius 1 is 1.00 bits per heavy atom. The van der Waals surface area contributed by atoms with Crippen molar-refractivity contribution in [1.29, 1.82) is 0 Å². The van der Waals surface area contributed by atoms with Crippen LogP contribution >= 0.6 is 0 Å². The third kappa shape index (κ3) is 5.31. The molecule has 1 saturated heterocycles. The average molecular weight is 226 g/mol.